The third-order valence-corrected chi connectivity index (χ3v) is 4.02. The summed E-state index contributed by atoms with van der Waals surface area (Å²) in [4.78, 5) is 14.2. The number of fused-ring (bicyclic) bond motifs is 1. The highest BCUT2D eigenvalue weighted by atomic mass is 35.5. The summed E-state index contributed by atoms with van der Waals surface area (Å²) in [6, 6.07) is 9.68. The molecule has 0 aromatic heterocycles. The number of carbonyl (C=O) groups is 1. The van der Waals surface area contributed by atoms with Gasteiger partial charge in [-0.05, 0) is 31.2 Å². The fraction of sp³-hybridized carbons (Fsp3) is 0.235. The Bertz CT molecular complexity index is 765. The Morgan fingerprint density at radius 2 is 2.13 bits per heavy atom. The van der Waals surface area contributed by atoms with Gasteiger partial charge in [0.15, 0.2) is 17.6 Å². The molecule has 0 aliphatic carbocycles. The topological polar surface area (TPSA) is 38.8 Å². The van der Waals surface area contributed by atoms with Gasteiger partial charge >= 0.3 is 0 Å². The van der Waals surface area contributed by atoms with Gasteiger partial charge < -0.3 is 14.4 Å². The number of methoxy groups -OCH3 is 1. The third-order valence-electron chi connectivity index (χ3n) is 3.73. The molecule has 1 aliphatic heterocycles. The number of rotatable bonds is 2. The molecule has 6 heteroatoms. The van der Waals surface area contributed by atoms with E-state index in [-0.39, 0.29) is 17.5 Å². The lowest BCUT2D eigenvalue weighted by atomic mass is 10.1. The fourth-order valence-corrected chi connectivity index (χ4v) is 2.72. The molecule has 0 saturated heterocycles. The molecule has 1 aliphatic rings. The Balaban J connectivity index is 2.06. The highest BCUT2D eigenvalue weighted by Gasteiger charge is 2.30. The van der Waals surface area contributed by atoms with E-state index >= 15 is 0 Å². The Labute approximate surface area is 138 Å². The van der Waals surface area contributed by atoms with Crippen LogP contribution in [0.1, 0.15) is 12.5 Å². The Hall–Kier alpha value is -2.27. The SMILES string of the molecule is COc1cccc2c1O[C@@H](C)C(=O)N(c1ccc(F)c(Cl)c1)C2. The van der Waals surface area contributed by atoms with E-state index in [1.54, 1.807) is 20.1 Å². The highest BCUT2D eigenvalue weighted by Crippen LogP contribution is 2.36. The van der Waals surface area contributed by atoms with Crippen LogP contribution in [0.2, 0.25) is 5.02 Å². The number of para-hydroxylation sites is 1. The van der Waals surface area contributed by atoms with Crippen molar-refractivity contribution in [3.8, 4) is 11.5 Å². The summed E-state index contributed by atoms with van der Waals surface area (Å²) in [6.45, 7) is 1.96. The van der Waals surface area contributed by atoms with E-state index in [0.29, 0.717) is 17.2 Å². The second-order valence-corrected chi connectivity index (χ2v) is 5.64. The molecule has 1 amide bonds. The molecular weight excluding hydrogens is 321 g/mol. The number of benzene rings is 2. The Kier molecular flexibility index (Phi) is 4.13. The summed E-state index contributed by atoms with van der Waals surface area (Å²) in [5.41, 5.74) is 1.33. The Morgan fingerprint density at radius 3 is 2.83 bits per heavy atom. The summed E-state index contributed by atoms with van der Waals surface area (Å²) in [7, 11) is 1.55. The number of nitrogens with zero attached hydrogens (tertiary/aromatic N) is 1. The standard InChI is InChI=1S/C17H15ClFNO3/c1-10-17(21)20(12-6-7-14(19)13(18)8-12)9-11-4-3-5-15(22-2)16(11)23-10/h3-8,10H,9H2,1-2H3/t10-/m0/s1. The molecule has 0 N–H and O–H groups in total. The van der Waals surface area contributed by atoms with Crippen LogP contribution in [0.25, 0.3) is 0 Å². The third kappa shape index (κ3) is 2.84. The van der Waals surface area contributed by atoms with Gasteiger partial charge in [0, 0.05) is 11.3 Å². The number of anilines is 1. The van der Waals surface area contributed by atoms with Crippen LogP contribution in [0, 0.1) is 5.82 Å². The molecule has 23 heavy (non-hydrogen) atoms. The van der Waals surface area contributed by atoms with Crippen molar-refractivity contribution in [2.75, 3.05) is 12.0 Å². The Morgan fingerprint density at radius 1 is 1.35 bits per heavy atom. The van der Waals surface area contributed by atoms with E-state index in [4.69, 9.17) is 21.1 Å². The van der Waals surface area contributed by atoms with Gasteiger partial charge in [-0.1, -0.05) is 23.7 Å². The van der Waals surface area contributed by atoms with Crippen LogP contribution >= 0.6 is 11.6 Å². The van der Waals surface area contributed by atoms with E-state index < -0.39 is 11.9 Å². The molecular formula is C17H15ClFNO3. The molecule has 0 fully saturated rings. The average molecular weight is 336 g/mol. The van der Waals surface area contributed by atoms with Crippen LogP contribution in [0.3, 0.4) is 0 Å². The number of hydrogen-bond acceptors (Lipinski definition) is 3. The van der Waals surface area contributed by atoms with E-state index in [9.17, 15) is 9.18 Å². The summed E-state index contributed by atoms with van der Waals surface area (Å²) in [6.07, 6.45) is -0.698. The number of ether oxygens (including phenoxy) is 2. The summed E-state index contributed by atoms with van der Waals surface area (Å²) in [5.74, 6) is 0.364. The first-order chi connectivity index (χ1) is 11.0. The van der Waals surface area contributed by atoms with Crippen LogP contribution < -0.4 is 14.4 Å². The van der Waals surface area contributed by atoms with Crippen LogP contribution in [0.15, 0.2) is 36.4 Å². The van der Waals surface area contributed by atoms with Crippen molar-refractivity contribution in [1.29, 1.82) is 0 Å². The molecule has 0 radical (unpaired) electrons. The van der Waals surface area contributed by atoms with Crippen LogP contribution in [0.4, 0.5) is 10.1 Å². The average Bonchev–Trinajstić information content (AvgIpc) is 2.67. The first-order valence-corrected chi connectivity index (χ1v) is 7.48. The number of carbonyl (C=O) groups excluding carboxylic acids is 1. The molecule has 0 unspecified atom stereocenters. The lowest BCUT2D eigenvalue weighted by Gasteiger charge is -2.22. The highest BCUT2D eigenvalue weighted by molar-refractivity contribution is 6.31. The van der Waals surface area contributed by atoms with Gasteiger partial charge in [-0.15, -0.1) is 0 Å². The maximum Gasteiger partial charge on any atom is 0.268 e. The lowest BCUT2D eigenvalue weighted by molar-refractivity contribution is -0.124. The number of amides is 1. The van der Waals surface area contributed by atoms with Crippen LogP contribution in [-0.2, 0) is 11.3 Å². The van der Waals surface area contributed by atoms with E-state index in [0.717, 1.165) is 5.56 Å². The second-order valence-electron chi connectivity index (χ2n) is 5.23. The zero-order valence-electron chi connectivity index (χ0n) is 12.7. The minimum Gasteiger partial charge on any atom is -0.493 e. The first-order valence-electron chi connectivity index (χ1n) is 7.10. The van der Waals surface area contributed by atoms with Crippen molar-refractivity contribution < 1.29 is 18.7 Å². The fourth-order valence-electron chi connectivity index (χ4n) is 2.55. The molecule has 0 spiro atoms. The monoisotopic (exact) mass is 335 g/mol. The number of hydrogen-bond donors (Lipinski definition) is 0. The van der Waals surface area contributed by atoms with E-state index in [1.165, 1.54) is 23.1 Å². The zero-order valence-corrected chi connectivity index (χ0v) is 13.4. The van der Waals surface area contributed by atoms with Crippen molar-refractivity contribution in [2.24, 2.45) is 0 Å². The van der Waals surface area contributed by atoms with Gasteiger partial charge in [0.1, 0.15) is 5.82 Å². The van der Waals surface area contributed by atoms with Gasteiger partial charge in [0.05, 0.1) is 18.7 Å². The molecule has 0 bridgehead atoms. The van der Waals surface area contributed by atoms with Gasteiger partial charge in [-0.25, -0.2) is 4.39 Å². The van der Waals surface area contributed by atoms with Crippen LogP contribution in [-0.4, -0.2) is 19.1 Å². The predicted molar refractivity (Wildman–Crippen MR) is 85.7 cm³/mol. The smallest absolute Gasteiger partial charge is 0.268 e. The normalized spacial score (nSPS) is 17.3. The molecule has 2 aromatic carbocycles. The molecule has 1 atom stereocenters. The van der Waals surface area contributed by atoms with Crippen molar-refractivity contribution >= 4 is 23.2 Å². The largest absolute Gasteiger partial charge is 0.493 e. The summed E-state index contributed by atoms with van der Waals surface area (Å²) in [5, 5.41) is -0.0287. The predicted octanol–water partition coefficient (Wildman–Crippen LogP) is 3.80. The summed E-state index contributed by atoms with van der Waals surface area (Å²) < 4.78 is 24.5. The van der Waals surface area contributed by atoms with Gasteiger partial charge in [0.25, 0.3) is 5.91 Å². The van der Waals surface area contributed by atoms with E-state index in [2.05, 4.69) is 0 Å². The molecule has 3 rings (SSSR count). The minimum atomic E-state index is -0.698. The van der Waals surface area contributed by atoms with Crippen molar-refractivity contribution in [3.63, 3.8) is 0 Å². The van der Waals surface area contributed by atoms with Gasteiger partial charge in [-0.3, -0.25) is 4.79 Å². The first kappa shape index (κ1) is 15.6. The van der Waals surface area contributed by atoms with Crippen molar-refractivity contribution in [1.82, 2.24) is 0 Å². The van der Waals surface area contributed by atoms with Crippen molar-refractivity contribution in [2.45, 2.75) is 19.6 Å². The molecule has 4 nitrogen and oxygen atoms in total. The molecule has 1 heterocycles. The number of halogens is 2. The van der Waals surface area contributed by atoms with Gasteiger partial charge in [0.2, 0.25) is 0 Å². The van der Waals surface area contributed by atoms with E-state index in [1.807, 2.05) is 12.1 Å². The molecule has 2 aromatic rings. The second kappa shape index (κ2) is 6.08. The van der Waals surface area contributed by atoms with Gasteiger partial charge in [-0.2, -0.15) is 0 Å². The van der Waals surface area contributed by atoms with Crippen molar-refractivity contribution in [3.05, 3.63) is 52.8 Å². The molecule has 120 valence electrons. The lowest BCUT2D eigenvalue weighted by Crippen LogP contribution is -2.38. The summed E-state index contributed by atoms with van der Waals surface area (Å²) >= 11 is 5.84. The quantitative estimate of drug-likeness (QED) is 0.838. The zero-order chi connectivity index (χ0) is 16.6. The molecule has 0 saturated carbocycles. The maximum absolute atomic E-state index is 13.4. The van der Waals surface area contributed by atoms with Crippen LogP contribution in [0.5, 0.6) is 11.5 Å². The maximum atomic E-state index is 13.4. The minimum absolute atomic E-state index is 0.0287.